The fraction of sp³-hybridized carbons (Fsp3) is 0.333. The van der Waals surface area contributed by atoms with Gasteiger partial charge >= 0.3 is 5.97 Å². The Morgan fingerprint density at radius 1 is 1.42 bits per heavy atom. The Bertz CT molecular complexity index is 854. The number of ether oxygens (including phenoxy) is 1. The summed E-state index contributed by atoms with van der Waals surface area (Å²) in [6, 6.07) is 8.04. The van der Waals surface area contributed by atoms with E-state index < -0.39 is 0 Å². The zero-order valence-electron chi connectivity index (χ0n) is 13.4. The molecule has 0 bridgehead atoms. The molecular formula is C18H19N3O3. The number of aromatic nitrogens is 2. The van der Waals surface area contributed by atoms with Crippen molar-refractivity contribution in [3.05, 3.63) is 53.9 Å². The molecule has 0 amide bonds. The molecular weight excluding hydrogens is 306 g/mol. The van der Waals surface area contributed by atoms with E-state index in [0.717, 1.165) is 23.4 Å². The minimum Gasteiger partial charge on any atom is -0.466 e. The Labute approximate surface area is 139 Å². The molecule has 2 atom stereocenters. The Morgan fingerprint density at radius 2 is 2.29 bits per heavy atom. The highest BCUT2D eigenvalue weighted by Crippen LogP contribution is 2.37. The molecule has 0 fully saturated rings. The molecule has 0 unspecified atom stereocenters. The van der Waals surface area contributed by atoms with E-state index in [-0.39, 0.29) is 24.5 Å². The van der Waals surface area contributed by atoms with E-state index in [1.807, 2.05) is 19.1 Å². The standard InChI is InChI=1S/C18H19N3O3/c1-2-23-17(22)8-15-18-12(11-5-3-4-6-13(11)21-18)7-14(20-15)16-9-19-10-24-16/h3-6,9-10,14-15,20-21H,2,7-8H2,1H3/t14-,15-/m0/s1. The molecule has 2 N–H and O–H groups in total. The molecule has 0 aliphatic carbocycles. The number of H-pyrrole nitrogens is 1. The van der Waals surface area contributed by atoms with Gasteiger partial charge in [0.25, 0.3) is 0 Å². The van der Waals surface area contributed by atoms with Gasteiger partial charge < -0.3 is 14.1 Å². The van der Waals surface area contributed by atoms with Gasteiger partial charge in [-0.15, -0.1) is 0 Å². The summed E-state index contributed by atoms with van der Waals surface area (Å²) in [4.78, 5) is 19.5. The lowest BCUT2D eigenvalue weighted by Crippen LogP contribution is -2.34. The molecule has 124 valence electrons. The Morgan fingerprint density at radius 3 is 3.08 bits per heavy atom. The van der Waals surface area contributed by atoms with E-state index in [2.05, 4.69) is 27.4 Å². The molecule has 3 aromatic rings. The van der Waals surface area contributed by atoms with Crippen molar-refractivity contribution in [2.45, 2.75) is 31.8 Å². The smallest absolute Gasteiger partial charge is 0.307 e. The maximum Gasteiger partial charge on any atom is 0.307 e. The van der Waals surface area contributed by atoms with Crippen LogP contribution in [0.4, 0.5) is 0 Å². The van der Waals surface area contributed by atoms with Crippen LogP contribution in [0, 0.1) is 0 Å². The number of nitrogens with zero attached hydrogens (tertiary/aromatic N) is 1. The van der Waals surface area contributed by atoms with E-state index in [0.29, 0.717) is 6.61 Å². The van der Waals surface area contributed by atoms with E-state index in [1.54, 1.807) is 6.20 Å². The Balaban J connectivity index is 1.74. The summed E-state index contributed by atoms with van der Waals surface area (Å²) in [5.41, 5.74) is 3.36. The number of oxazole rings is 1. The zero-order chi connectivity index (χ0) is 16.5. The Hall–Kier alpha value is -2.60. The monoisotopic (exact) mass is 325 g/mol. The molecule has 0 saturated carbocycles. The van der Waals surface area contributed by atoms with Gasteiger partial charge in [-0.2, -0.15) is 0 Å². The lowest BCUT2D eigenvalue weighted by atomic mass is 9.91. The highest BCUT2D eigenvalue weighted by Gasteiger charge is 2.33. The molecule has 2 aromatic heterocycles. The number of fused-ring (bicyclic) bond motifs is 3. The van der Waals surface area contributed by atoms with Gasteiger partial charge in [-0.05, 0) is 25.0 Å². The van der Waals surface area contributed by atoms with Crippen LogP contribution in [0.1, 0.15) is 42.4 Å². The first-order valence-corrected chi connectivity index (χ1v) is 8.15. The second kappa shape index (κ2) is 6.13. The third kappa shape index (κ3) is 2.59. The first-order valence-electron chi connectivity index (χ1n) is 8.15. The average molecular weight is 325 g/mol. The summed E-state index contributed by atoms with van der Waals surface area (Å²) in [7, 11) is 0. The van der Waals surface area contributed by atoms with Gasteiger partial charge in [-0.1, -0.05) is 18.2 Å². The number of hydrogen-bond acceptors (Lipinski definition) is 5. The predicted molar refractivity (Wildman–Crippen MR) is 88.4 cm³/mol. The van der Waals surface area contributed by atoms with Crippen molar-refractivity contribution in [1.82, 2.24) is 15.3 Å². The average Bonchev–Trinajstić information content (AvgIpc) is 3.23. The molecule has 4 rings (SSSR count). The van der Waals surface area contributed by atoms with Crippen LogP contribution in [0.25, 0.3) is 10.9 Å². The quantitative estimate of drug-likeness (QED) is 0.721. The van der Waals surface area contributed by atoms with Gasteiger partial charge in [0.15, 0.2) is 6.39 Å². The molecule has 6 nitrogen and oxygen atoms in total. The summed E-state index contributed by atoms with van der Waals surface area (Å²) in [6.45, 7) is 2.20. The van der Waals surface area contributed by atoms with Crippen molar-refractivity contribution in [3.8, 4) is 0 Å². The van der Waals surface area contributed by atoms with Gasteiger partial charge in [-0.3, -0.25) is 10.1 Å². The maximum absolute atomic E-state index is 12.0. The zero-order valence-corrected chi connectivity index (χ0v) is 13.4. The second-order valence-electron chi connectivity index (χ2n) is 5.95. The second-order valence-corrected chi connectivity index (χ2v) is 5.95. The lowest BCUT2D eigenvalue weighted by molar-refractivity contribution is -0.143. The summed E-state index contributed by atoms with van der Waals surface area (Å²) in [5.74, 6) is 0.567. The molecule has 1 aromatic carbocycles. The number of rotatable bonds is 4. The van der Waals surface area contributed by atoms with Crippen LogP contribution in [0.5, 0.6) is 0 Å². The van der Waals surface area contributed by atoms with E-state index in [4.69, 9.17) is 9.15 Å². The predicted octanol–water partition coefficient (Wildman–Crippen LogP) is 3.04. The number of carbonyl (C=O) groups excluding carboxylic acids is 1. The number of benzene rings is 1. The van der Waals surface area contributed by atoms with Crippen LogP contribution in [0.3, 0.4) is 0 Å². The highest BCUT2D eigenvalue weighted by molar-refractivity contribution is 5.85. The highest BCUT2D eigenvalue weighted by atomic mass is 16.5. The number of nitrogens with one attached hydrogen (secondary N) is 2. The number of para-hydroxylation sites is 1. The van der Waals surface area contributed by atoms with E-state index in [1.165, 1.54) is 17.3 Å². The minimum absolute atomic E-state index is 0.0152. The summed E-state index contributed by atoms with van der Waals surface area (Å²) in [5, 5.41) is 4.68. The van der Waals surface area contributed by atoms with Gasteiger partial charge in [0.1, 0.15) is 5.76 Å². The topological polar surface area (TPSA) is 80.2 Å². The van der Waals surface area contributed by atoms with Gasteiger partial charge in [0.05, 0.1) is 31.3 Å². The molecule has 0 radical (unpaired) electrons. The van der Waals surface area contributed by atoms with Crippen LogP contribution in [-0.2, 0) is 16.0 Å². The minimum atomic E-state index is -0.210. The molecule has 0 spiro atoms. The van der Waals surface area contributed by atoms with Crippen LogP contribution in [-0.4, -0.2) is 22.5 Å². The van der Waals surface area contributed by atoms with Crippen molar-refractivity contribution < 1.29 is 13.9 Å². The fourth-order valence-corrected chi connectivity index (χ4v) is 3.46. The summed E-state index contributed by atoms with van der Waals surface area (Å²) < 4.78 is 10.6. The third-order valence-electron chi connectivity index (χ3n) is 4.48. The van der Waals surface area contributed by atoms with Crippen LogP contribution >= 0.6 is 0 Å². The number of carbonyl (C=O) groups is 1. The van der Waals surface area contributed by atoms with Crippen LogP contribution in [0.15, 0.2) is 41.3 Å². The largest absolute Gasteiger partial charge is 0.466 e. The Kier molecular flexibility index (Phi) is 3.82. The van der Waals surface area contributed by atoms with Crippen molar-refractivity contribution in [2.75, 3.05) is 6.61 Å². The number of esters is 1. The molecule has 1 aliphatic heterocycles. The van der Waals surface area contributed by atoms with Crippen LogP contribution < -0.4 is 5.32 Å². The first kappa shape index (κ1) is 15.0. The van der Waals surface area contributed by atoms with Gasteiger partial charge in [0, 0.05) is 16.6 Å². The third-order valence-corrected chi connectivity index (χ3v) is 4.48. The molecule has 24 heavy (non-hydrogen) atoms. The SMILES string of the molecule is CCOC(=O)C[C@@H]1N[C@H](c2cnco2)Cc2c1[nH]c1ccccc21. The normalized spacial score (nSPS) is 20.0. The number of hydrogen-bond donors (Lipinski definition) is 2. The van der Waals surface area contributed by atoms with Crippen molar-refractivity contribution in [1.29, 1.82) is 0 Å². The maximum atomic E-state index is 12.0. The fourth-order valence-electron chi connectivity index (χ4n) is 3.46. The molecule has 1 aliphatic rings. The van der Waals surface area contributed by atoms with E-state index in [9.17, 15) is 4.79 Å². The van der Waals surface area contributed by atoms with Gasteiger partial charge in [0.2, 0.25) is 0 Å². The molecule has 6 heteroatoms. The van der Waals surface area contributed by atoms with Crippen molar-refractivity contribution >= 4 is 16.9 Å². The van der Waals surface area contributed by atoms with Crippen molar-refractivity contribution in [3.63, 3.8) is 0 Å². The summed E-state index contributed by atoms with van der Waals surface area (Å²) >= 11 is 0. The summed E-state index contributed by atoms with van der Waals surface area (Å²) in [6.07, 6.45) is 4.22. The molecule has 3 heterocycles. The van der Waals surface area contributed by atoms with Gasteiger partial charge in [-0.25, -0.2) is 4.98 Å². The lowest BCUT2D eigenvalue weighted by Gasteiger charge is -2.29. The first-order chi connectivity index (χ1) is 11.8. The number of aromatic amines is 1. The van der Waals surface area contributed by atoms with E-state index >= 15 is 0 Å². The van der Waals surface area contributed by atoms with Crippen LogP contribution in [0.2, 0.25) is 0 Å². The molecule has 0 saturated heterocycles. The van der Waals surface area contributed by atoms with Crippen molar-refractivity contribution in [2.24, 2.45) is 0 Å².